The summed E-state index contributed by atoms with van der Waals surface area (Å²) < 4.78 is 0. The molecule has 17 heavy (non-hydrogen) atoms. The molecule has 0 spiro atoms. The largest absolute Gasteiger partial charge is 0.326 e. The number of hydrogen-bond acceptors (Lipinski definition) is 2. The van der Waals surface area contributed by atoms with Gasteiger partial charge in [-0.05, 0) is 25.0 Å². The second-order valence-electron chi connectivity index (χ2n) is 4.38. The number of rotatable bonds is 6. The molecule has 1 unspecified atom stereocenters. The zero-order valence-corrected chi connectivity index (χ0v) is 10.7. The van der Waals surface area contributed by atoms with Crippen LogP contribution in [0.5, 0.6) is 0 Å². The summed E-state index contributed by atoms with van der Waals surface area (Å²) >= 11 is 0. The quantitative estimate of drug-likeness (QED) is 0.742. The van der Waals surface area contributed by atoms with Gasteiger partial charge in [0.2, 0.25) is 5.91 Å². The SMILES string of the molecule is CCCCCC(=O)Nc1ccccc1C(C)N. The van der Waals surface area contributed by atoms with Crippen molar-refractivity contribution >= 4 is 11.6 Å². The van der Waals surface area contributed by atoms with E-state index in [9.17, 15) is 4.79 Å². The van der Waals surface area contributed by atoms with E-state index in [1.165, 1.54) is 0 Å². The molecular formula is C14H22N2O. The number of unbranched alkanes of at least 4 members (excludes halogenated alkanes) is 2. The van der Waals surface area contributed by atoms with E-state index in [0.29, 0.717) is 6.42 Å². The molecule has 0 saturated carbocycles. The molecule has 0 aromatic heterocycles. The Labute approximate surface area is 103 Å². The van der Waals surface area contributed by atoms with Gasteiger partial charge < -0.3 is 11.1 Å². The molecule has 0 aliphatic heterocycles. The Morgan fingerprint density at radius 1 is 1.35 bits per heavy atom. The number of benzene rings is 1. The maximum atomic E-state index is 11.7. The number of amides is 1. The Morgan fingerprint density at radius 2 is 2.06 bits per heavy atom. The fourth-order valence-electron chi connectivity index (χ4n) is 1.76. The highest BCUT2D eigenvalue weighted by molar-refractivity contribution is 5.91. The first-order chi connectivity index (χ1) is 8.15. The summed E-state index contributed by atoms with van der Waals surface area (Å²) in [6.45, 7) is 4.05. The van der Waals surface area contributed by atoms with E-state index in [4.69, 9.17) is 5.73 Å². The first-order valence-electron chi connectivity index (χ1n) is 6.29. The van der Waals surface area contributed by atoms with Gasteiger partial charge in [0.25, 0.3) is 0 Å². The molecule has 1 amide bonds. The molecule has 0 aliphatic rings. The maximum absolute atomic E-state index is 11.7. The van der Waals surface area contributed by atoms with Crippen LogP contribution in [0.2, 0.25) is 0 Å². The number of carbonyl (C=O) groups is 1. The molecule has 0 bridgehead atoms. The first-order valence-corrected chi connectivity index (χ1v) is 6.29. The van der Waals surface area contributed by atoms with Gasteiger partial charge in [-0.25, -0.2) is 0 Å². The van der Waals surface area contributed by atoms with Gasteiger partial charge in [0.15, 0.2) is 0 Å². The minimum absolute atomic E-state index is 0.0675. The smallest absolute Gasteiger partial charge is 0.224 e. The number of anilines is 1. The highest BCUT2D eigenvalue weighted by atomic mass is 16.1. The molecule has 0 saturated heterocycles. The van der Waals surface area contributed by atoms with Crippen molar-refractivity contribution < 1.29 is 4.79 Å². The van der Waals surface area contributed by atoms with E-state index < -0.39 is 0 Å². The van der Waals surface area contributed by atoms with E-state index in [0.717, 1.165) is 30.5 Å². The molecule has 94 valence electrons. The number of nitrogens with one attached hydrogen (secondary N) is 1. The zero-order valence-electron chi connectivity index (χ0n) is 10.7. The van der Waals surface area contributed by atoms with Crippen LogP contribution in [0, 0.1) is 0 Å². The van der Waals surface area contributed by atoms with Crippen LogP contribution in [-0.2, 0) is 4.79 Å². The molecule has 3 N–H and O–H groups in total. The van der Waals surface area contributed by atoms with Crippen molar-refractivity contribution in [1.29, 1.82) is 0 Å². The van der Waals surface area contributed by atoms with Crippen LogP contribution < -0.4 is 11.1 Å². The van der Waals surface area contributed by atoms with Crippen molar-refractivity contribution in [3.63, 3.8) is 0 Å². The van der Waals surface area contributed by atoms with Crippen LogP contribution >= 0.6 is 0 Å². The number of nitrogens with two attached hydrogens (primary N) is 1. The minimum Gasteiger partial charge on any atom is -0.326 e. The zero-order chi connectivity index (χ0) is 12.7. The van der Waals surface area contributed by atoms with Gasteiger partial charge in [0.05, 0.1) is 0 Å². The predicted octanol–water partition coefficient (Wildman–Crippen LogP) is 3.23. The third-order valence-electron chi connectivity index (χ3n) is 2.73. The summed E-state index contributed by atoms with van der Waals surface area (Å²) in [5.74, 6) is 0.0755. The molecule has 3 heteroatoms. The van der Waals surface area contributed by atoms with Crippen molar-refractivity contribution in [3.8, 4) is 0 Å². The summed E-state index contributed by atoms with van der Waals surface area (Å²) in [4.78, 5) is 11.7. The number of hydrogen-bond donors (Lipinski definition) is 2. The molecule has 1 rings (SSSR count). The maximum Gasteiger partial charge on any atom is 0.224 e. The van der Waals surface area contributed by atoms with Gasteiger partial charge in [0, 0.05) is 18.2 Å². The van der Waals surface area contributed by atoms with Gasteiger partial charge >= 0.3 is 0 Å². The third kappa shape index (κ3) is 4.57. The standard InChI is InChI=1S/C14H22N2O/c1-3-4-5-10-14(17)16-13-9-7-6-8-12(13)11(2)15/h6-9,11H,3-5,10,15H2,1-2H3,(H,16,17). The Hall–Kier alpha value is -1.35. The van der Waals surface area contributed by atoms with Crippen LogP contribution in [0.3, 0.4) is 0 Å². The second-order valence-corrected chi connectivity index (χ2v) is 4.38. The molecule has 1 aromatic rings. The van der Waals surface area contributed by atoms with E-state index >= 15 is 0 Å². The topological polar surface area (TPSA) is 55.1 Å². The Kier molecular flexibility index (Phi) is 5.70. The Bertz CT molecular complexity index is 361. The average molecular weight is 234 g/mol. The van der Waals surface area contributed by atoms with E-state index in [2.05, 4.69) is 12.2 Å². The molecule has 3 nitrogen and oxygen atoms in total. The Balaban J connectivity index is 2.58. The highest BCUT2D eigenvalue weighted by Crippen LogP contribution is 2.21. The van der Waals surface area contributed by atoms with Crippen molar-refractivity contribution in [2.24, 2.45) is 5.73 Å². The second kappa shape index (κ2) is 7.07. The molecule has 0 radical (unpaired) electrons. The van der Waals surface area contributed by atoms with E-state index in [1.807, 2.05) is 31.2 Å². The fraction of sp³-hybridized carbons (Fsp3) is 0.500. The van der Waals surface area contributed by atoms with Gasteiger partial charge in [-0.3, -0.25) is 4.79 Å². The molecule has 0 heterocycles. The van der Waals surface area contributed by atoms with Crippen molar-refractivity contribution in [3.05, 3.63) is 29.8 Å². The number of carbonyl (C=O) groups excluding carboxylic acids is 1. The van der Waals surface area contributed by atoms with Crippen molar-refractivity contribution in [2.75, 3.05) is 5.32 Å². The van der Waals surface area contributed by atoms with Crippen LogP contribution in [0.4, 0.5) is 5.69 Å². The van der Waals surface area contributed by atoms with Gasteiger partial charge in [-0.1, -0.05) is 38.0 Å². The summed E-state index contributed by atoms with van der Waals surface area (Å²) in [6, 6.07) is 7.63. The lowest BCUT2D eigenvalue weighted by molar-refractivity contribution is -0.116. The molecule has 0 fully saturated rings. The van der Waals surface area contributed by atoms with Gasteiger partial charge in [0.1, 0.15) is 0 Å². The monoisotopic (exact) mass is 234 g/mol. The first kappa shape index (κ1) is 13.7. The van der Waals surface area contributed by atoms with Crippen LogP contribution in [-0.4, -0.2) is 5.91 Å². The summed E-state index contributed by atoms with van der Waals surface area (Å²) in [5.41, 5.74) is 7.68. The lowest BCUT2D eigenvalue weighted by Crippen LogP contribution is -2.15. The average Bonchev–Trinajstić information content (AvgIpc) is 2.29. The fourth-order valence-corrected chi connectivity index (χ4v) is 1.76. The van der Waals surface area contributed by atoms with Crippen molar-refractivity contribution in [1.82, 2.24) is 0 Å². The van der Waals surface area contributed by atoms with Gasteiger partial charge in [-0.2, -0.15) is 0 Å². The third-order valence-corrected chi connectivity index (χ3v) is 2.73. The lowest BCUT2D eigenvalue weighted by atomic mass is 10.1. The van der Waals surface area contributed by atoms with Crippen LogP contribution in [0.15, 0.2) is 24.3 Å². The van der Waals surface area contributed by atoms with Crippen molar-refractivity contribution in [2.45, 2.75) is 45.6 Å². The van der Waals surface area contributed by atoms with Crippen LogP contribution in [0.25, 0.3) is 0 Å². The van der Waals surface area contributed by atoms with E-state index in [-0.39, 0.29) is 11.9 Å². The lowest BCUT2D eigenvalue weighted by Gasteiger charge is -2.13. The summed E-state index contributed by atoms with van der Waals surface area (Å²) in [5, 5.41) is 2.93. The Morgan fingerprint density at radius 3 is 2.71 bits per heavy atom. The predicted molar refractivity (Wildman–Crippen MR) is 71.8 cm³/mol. The van der Waals surface area contributed by atoms with Crippen LogP contribution in [0.1, 0.15) is 51.1 Å². The molecular weight excluding hydrogens is 212 g/mol. The normalized spacial score (nSPS) is 12.2. The minimum atomic E-state index is -0.0675. The number of para-hydroxylation sites is 1. The molecule has 1 aromatic carbocycles. The summed E-state index contributed by atoms with van der Waals surface area (Å²) in [7, 11) is 0. The van der Waals surface area contributed by atoms with Gasteiger partial charge in [-0.15, -0.1) is 0 Å². The van der Waals surface area contributed by atoms with E-state index in [1.54, 1.807) is 0 Å². The molecule has 1 atom stereocenters. The summed E-state index contributed by atoms with van der Waals surface area (Å²) in [6.07, 6.45) is 3.76. The highest BCUT2D eigenvalue weighted by Gasteiger charge is 2.08. The molecule has 0 aliphatic carbocycles.